The maximum atomic E-state index is 11.6. The molecular formula is C19H18N2O4. The van der Waals surface area contributed by atoms with E-state index in [4.69, 9.17) is 14.0 Å². The minimum atomic E-state index is -0.352. The van der Waals surface area contributed by atoms with Crippen LogP contribution in [0.4, 0.5) is 0 Å². The van der Waals surface area contributed by atoms with Gasteiger partial charge in [0.1, 0.15) is 5.75 Å². The van der Waals surface area contributed by atoms with E-state index in [0.717, 1.165) is 11.1 Å². The SMILES string of the molecule is CCOC(=O)c1ccc(OCc2noc(-c3ccc(C)cc3)n2)cc1. The van der Waals surface area contributed by atoms with Crippen LogP contribution in [0, 0.1) is 6.92 Å². The minimum absolute atomic E-state index is 0.175. The first-order valence-electron chi connectivity index (χ1n) is 7.95. The molecule has 0 radical (unpaired) electrons. The second kappa shape index (κ2) is 7.61. The van der Waals surface area contributed by atoms with Crippen molar-refractivity contribution in [3.63, 3.8) is 0 Å². The summed E-state index contributed by atoms with van der Waals surface area (Å²) in [5, 5.41) is 3.91. The van der Waals surface area contributed by atoms with E-state index < -0.39 is 0 Å². The van der Waals surface area contributed by atoms with Crippen molar-refractivity contribution in [2.24, 2.45) is 0 Å². The van der Waals surface area contributed by atoms with Crippen LogP contribution in [0.3, 0.4) is 0 Å². The van der Waals surface area contributed by atoms with Crippen molar-refractivity contribution in [2.75, 3.05) is 6.61 Å². The highest BCUT2D eigenvalue weighted by Gasteiger charge is 2.10. The maximum absolute atomic E-state index is 11.6. The summed E-state index contributed by atoms with van der Waals surface area (Å²) in [6.07, 6.45) is 0. The molecule has 1 aromatic heterocycles. The lowest BCUT2D eigenvalue weighted by molar-refractivity contribution is 0.0526. The van der Waals surface area contributed by atoms with Crippen LogP contribution in [0.5, 0.6) is 5.75 Å². The summed E-state index contributed by atoms with van der Waals surface area (Å²) in [5.41, 5.74) is 2.51. The molecule has 0 fully saturated rings. The van der Waals surface area contributed by atoms with Gasteiger partial charge in [0, 0.05) is 5.56 Å². The first-order chi connectivity index (χ1) is 12.2. The Morgan fingerprint density at radius 3 is 2.48 bits per heavy atom. The Balaban J connectivity index is 1.60. The Morgan fingerprint density at radius 1 is 1.08 bits per heavy atom. The van der Waals surface area contributed by atoms with Gasteiger partial charge in [-0.15, -0.1) is 0 Å². The third-order valence-electron chi connectivity index (χ3n) is 3.50. The lowest BCUT2D eigenvalue weighted by atomic mass is 10.1. The molecule has 0 N–H and O–H groups in total. The van der Waals surface area contributed by atoms with E-state index in [2.05, 4.69) is 10.1 Å². The number of aryl methyl sites for hydroxylation is 1. The zero-order valence-electron chi connectivity index (χ0n) is 14.1. The lowest BCUT2D eigenvalue weighted by Crippen LogP contribution is -2.04. The third kappa shape index (κ3) is 4.23. The predicted octanol–water partition coefficient (Wildman–Crippen LogP) is 3.80. The van der Waals surface area contributed by atoms with Gasteiger partial charge in [0.25, 0.3) is 5.89 Å². The molecule has 0 atom stereocenters. The van der Waals surface area contributed by atoms with Gasteiger partial charge < -0.3 is 14.0 Å². The number of esters is 1. The summed E-state index contributed by atoms with van der Waals surface area (Å²) in [5.74, 6) is 1.16. The smallest absolute Gasteiger partial charge is 0.338 e. The molecule has 2 aromatic carbocycles. The number of benzene rings is 2. The van der Waals surface area contributed by atoms with E-state index >= 15 is 0 Å². The van der Waals surface area contributed by atoms with Crippen molar-refractivity contribution < 1.29 is 18.8 Å². The van der Waals surface area contributed by atoms with Crippen molar-refractivity contribution in [1.82, 2.24) is 10.1 Å². The molecule has 3 rings (SSSR count). The summed E-state index contributed by atoms with van der Waals surface area (Å²) >= 11 is 0. The number of hydrogen-bond acceptors (Lipinski definition) is 6. The average Bonchev–Trinajstić information content (AvgIpc) is 3.10. The number of hydrogen-bond donors (Lipinski definition) is 0. The molecule has 0 bridgehead atoms. The van der Waals surface area contributed by atoms with Crippen molar-refractivity contribution in [2.45, 2.75) is 20.5 Å². The number of ether oxygens (including phenoxy) is 2. The fraction of sp³-hybridized carbons (Fsp3) is 0.211. The highest BCUT2D eigenvalue weighted by molar-refractivity contribution is 5.89. The molecule has 0 unspecified atom stereocenters. The van der Waals surface area contributed by atoms with Crippen molar-refractivity contribution in [3.8, 4) is 17.2 Å². The van der Waals surface area contributed by atoms with E-state index in [-0.39, 0.29) is 12.6 Å². The monoisotopic (exact) mass is 338 g/mol. The third-order valence-corrected chi connectivity index (χ3v) is 3.50. The molecule has 128 valence electrons. The van der Waals surface area contributed by atoms with E-state index in [1.54, 1.807) is 31.2 Å². The highest BCUT2D eigenvalue weighted by atomic mass is 16.5. The molecular weight excluding hydrogens is 320 g/mol. The summed E-state index contributed by atoms with van der Waals surface area (Å²) < 4.78 is 15.8. The van der Waals surface area contributed by atoms with Gasteiger partial charge in [-0.2, -0.15) is 4.98 Å². The molecule has 0 saturated carbocycles. The van der Waals surface area contributed by atoms with Crippen molar-refractivity contribution >= 4 is 5.97 Å². The summed E-state index contributed by atoms with van der Waals surface area (Å²) in [4.78, 5) is 15.9. The maximum Gasteiger partial charge on any atom is 0.338 e. The van der Waals surface area contributed by atoms with Crippen LogP contribution in [0.2, 0.25) is 0 Å². The van der Waals surface area contributed by atoms with Crippen LogP contribution in [-0.2, 0) is 11.3 Å². The minimum Gasteiger partial charge on any atom is -0.485 e. The van der Waals surface area contributed by atoms with Gasteiger partial charge >= 0.3 is 5.97 Å². The number of carbonyl (C=O) groups excluding carboxylic acids is 1. The number of carbonyl (C=O) groups is 1. The number of nitrogens with zero attached hydrogens (tertiary/aromatic N) is 2. The molecule has 0 amide bonds. The molecule has 0 aliphatic rings. The fourth-order valence-corrected chi connectivity index (χ4v) is 2.18. The largest absolute Gasteiger partial charge is 0.485 e. The van der Waals surface area contributed by atoms with Gasteiger partial charge in [-0.25, -0.2) is 4.79 Å². The second-order valence-corrected chi connectivity index (χ2v) is 5.42. The summed E-state index contributed by atoms with van der Waals surface area (Å²) in [6.45, 7) is 4.31. The van der Waals surface area contributed by atoms with Gasteiger partial charge in [-0.1, -0.05) is 22.9 Å². The van der Waals surface area contributed by atoms with Gasteiger partial charge in [0.15, 0.2) is 6.61 Å². The Bertz CT molecular complexity index is 839. The predicted molar refractivity (Wildman–Crippen MR) is 91.2 cm³/mol. The van der Waals surface area contributed by atoms with Gasteiger partial charge in [-0.05, 0) is 50.2 Å². The fourth-order valence-electron chi connectivity index (χ4n) is 2.18. The molecule has 0 aliphatic carbocycles. The highest BCUT2D eigenvalue weighted by Crippen LogP contribution is 2.19. The molecule has 0 aliphatic heterocycles. The Hall–Kier alpha value is -3.15. The molecule has 6 heteroatoms. The molecule has 0 spiro atoms. The van der Waals surface area contributed by atoms with Crippen molar-refractivity contribution in [3.05, 3.63) is 65.5 Å². The van der Waals surface area contributed by atoms with Crippen LogP contribution < -0.4 is 4.74 Å². The number of rotatable bonds is 6. The van der Waals surface area contributed by atoms with Crippen LogP contribution in [0.25, 0.3) is 11.5 Å². The normalized spacial score (nSPS) is 10.5. The lowest BCUT2D eigenvalue weighted by Gasteiger charge is -2.05. The second-order valence-electron chi connectivity index (χ2n) is 5.42. The molecule has 3 aromatic rings. The first-order valence-corrected chi connectivity index (χ1v) is 7.95. The first kappa shape index (κ1) is 16.7. The number of aromatic nitrogens is 2. The Kier molecular flexibility index (Phi) is 5.09. The zero-order chi connectivity index (χ0) is 17.6. The quantitative estimate of drug-likeness (QED) is 0.636. The molecule has 0 saturated heterocycles. The van der Waals surface area contributed by atoms with Crippen LogP contribution >= 0.6 is 0 Å². The topological polar surface area (TPSA) is 74.5 Å². The molecule has 1 heterocycles. The summed E-state index contributed by atoms with van der Waals surface area (Å²) in [6, 6.07) is 14.5. The molecule has 25 heavy (non-hydrogen) atoms. The van der Waals surface area contributed by atoms with E-state index in [9.17, 15) is 4.79 Å². The average molecular weight is 338 g/mol. The Labute approximate surface area is 145 Å². The van der Waals surface area contributed by atoms with Crippen LogP contribution in [0.1, 0.15) is 28.7 Å². The Morgan fingerprint density at radius 2 is 1.80 bits per heavy atom. The van der Waals surface area contributed by atoms with Crippen molar-refractivity contribution in [1.29, 1.82) is 0 Å². The van der Waals surface area contributed by atoms with Gasteiger partial charge in [0.2, 0.25) is 5.82 Å². The van der Waals surface area contributed by atoms with Crippen LogP contribution in [0.15, 0.2) is 53.1 Å². The summed E-state index contributed by atoms with van der Waals surface area (Å²) in [7, 11) is 0. The zero-order valence-corrected chi connectivity index (χ0v) is 14.1. The van der Waals surface area contributed by atoms with E-state index in [1.165, 1.54) is 0 Å². The van der Waals surface area contributed by atoms with Gasteiger partial charge in [-0.3, -0.25) is 0 Å². The van der Waals surface area contributed by atoms with E-state index in [1.807, 2.05) is 31.2 Å². The van der Waals surface area contributed by atoms with E-state index in [0.29, 0.717) is 29.6 Å². The van der Waals surface area contributed by atoms with Gasteiger partial charge in [0.05, 0.1) is 12.2 Å². The van der Waals surface area contributed by atoms with Crippen LogP contribution in [-0.4, -0.2) is 22.7 Å². The molecule has 6 nitrogen and oxygen atoms in total. The standard InChI is InChI=1S/C19H18N2O4/c1-3-23-19(22)15-8-10-16(11-9-15)24-12-17-20-18(25-21-17)14-6-4-13(2)5-7-14/h4-11H,3,12H2,1-2H3.